The Bertz CT molecular complexity index is 2130. The first-order valence-electron chi connectivity index (χ1n) is 21.1. The van der Waals surface area contributed by atoms with Crippen molar-refractivity contribution in [1.82, 2.24) is 20.9 Å². The highest BCUT2D eigenvalue weighted by Gasteiger charge is 2.64. The Hall–Kier alpha value is -5.67. The molecule has 15 heteroatoms. The van der Waals surface area contributed by atoms with Crippen molar-refractivity contribution in [3.05, 3.63) is 94.0 Å². The van der Waals surface area contributed by atoms with Crippen molar-refractivity contribution in [2.24, 2.45) is 16.7 Å². The van der Waals surface area contributed by atoms with Crippen molar-refractivity contribution in [1.29, 1.82) is 10.5 Å². The van der Waals surface area contributed by atoms with Gasteiger partial charge in [-0.2, -0.15) is 10.5 Å². The molecule has 3 aromatic carbocycles. The minimum absolute atomic E-state index is 0.0172. The molecule has 2 fully saturated rings. The van der Waals surface area contributed by atoms with E-state index in [1.807, 2.05) is 12.1 Å². The first-order valence-corrected chi connectivity index (χ1v) is 21.5. The number of likely N-dealkylation sites (tertiary alicyclic amines) is 1. The number of benzene rings is 3. The van der Waals surface area contributed by atoms with Crippen LogP contribution in [0, 0.1) is 39.4 Å². The quantitative estimate of drug-likeness (QED) is 0.0928. The minimum Gasteiger partial charge on any atom is -0.489 e. The molecule has 3 atom stereocenters. The maximum absolute atomic E-state index is 13.6. The van der Waals surface area contributed by atoms with Crippen LogP contribution in [0.4, 0.5) is 5.69 Å². The van der Waals surface area contributed by atoms with Crippen molar-refractivity contribution in [3.63, 3.8) is 0 Å². The summed E-state index contributed by atoms with van der Waals surface area (Å²) in [5.41, 5.74) is 2.37. The minimum atomic E-state index is -0.905. The molecule has 1 aliphatic carbocycles. The standard InChI is InChI=1S/C47H58ClN7O7/c1-29(2)40(43(60)55-27-35(56)22-38(55)42(59)52-26-31-12-10-30(24-49)11-13-31)53-39(57)28-61-21-9-7-8-20-51-34-17-14-32(15-18-34)41(58)54-44-46(3,4)45(47(44,5)6)62-36-19-16-33(25-50)37(48)23-36/h10-19,23,29,35,38,40,44-45,51,56H,7-9,20-22,26-28H2,1-6H3,(H,52,59)(H,53,57)(H,54,58)/t35-,38+,40?,44-,45-/m1/s1. The van der Waals surface area contributed by atoms with Crippen molar-refractivity contribution >= 4 is 40.9 Å². The van der Waals surface area contributed by atoms with Crippen LogP contribution in [-0.4, -0.2) is 90.3 Å². The second kappa shape index (κ2) is 20.9. The van der Waals surface area contributed by atoms with Crippen LogP contribution in [0.25, 0.3) is 0 Å². The number of anilines is 1. The lowest BCUT2D eigenvalue weighted by Crippen LogP contribution is -2.74. The Morgan fingerprint density at radius 3 is 2.26 bits per heavy atom. The molecule has 5 N–H and O–H groups in total. The molecule has 1 saturated heterocycles. The number of ether oxygens (including phenoxy) is 2. The summed E-state index contributed by atoms with van der Waals surface area (Å²) in [6.45, 7) is 12.9. The molecule has 1 heterocycles. The van der Waals surface area contributed by atoms with Crippen molar-refractivity contribution in [3.8, 4) is 17.9 Å². The summed E-state index contributed by atoms with van der Waals surface area (Å²) in [6, 6.07) is 21.3. The fourth-order valence-corrected chi connectivity index (χ4v) is 8.88. The number of aliphatic hydroxyl groups is 1. The van der Waals surface area contributed by atoms with E-state index < -0.39 is 35.9 Å². The van der Waals surface area contributed by atoms with E-state index >= 15 is 0 Å². The summed E-state index contributed by atoms with van der Waals surface area (Å²) in [5, 5.41) is 41.1. The van der Waals surface area contributed by atoms with Crippen molar-refractivity contribution < 1.29 is 33.8 Å². The van der Waals surface area contributed by atoms with E-state index in [1.54, 1.807) is 68.4 Å². The molecule has 2 aliphatic rings. The molecule has 0 radical (unpaired) electrons. The Balaban J connectivity index is 0.976. The lowest BCUT2D eigenvalue weighted by molar-refractivity contribution is -0.164. The van der Waals surface area contributed by atoms with Crippen molar-refractivity contribution in [2.75, 3.05) is 31.6 Å². The average Bonchev–Trinajstić information content (AvgIpc) is 3.65. The van der Waals surface area contributed by atoms with Gasteiger partial charge in [-0.1, -0.05) is 65.3 Å². The average molecular weight is 868 g/mol. The summed E-state index contributed by atoms with van der Waals surface area (Å²) >= 11 is 6.23. The van der Waals surface area contributed by atoms with E-state index in [-0.39, 0.29) is 60.9 Å². The predicted molar refractivity (Wildman–Crippen MR) is 235 cm³/mol. The van der Waals surface area contributed by atoms with Crippen LogP contribution in [0.2, 0.25) is 5.02 Å². The highest BCUT2D eigenvalue weighted by atomic mass is 35.5. The third kappa shape index (κ3) is 11.6. The molecule has 1 unspecified atom stereocenters. The maximum Gasteiger partial charge on any atom is 0.251 e. The van der Waals surface area contributed by atoms with Gasteiger partial charge in [-0.05, 0) is 79.3 Å². The van der Waals surface area contributed by atoms with Crippen LogP contribution in [-0.2, 0) is 25.7 Å². The van der Waals surface area contributed by atoms with E-state index in [4.69, 9.17) is 26.3 Å². The van der Waals surface area contributed by atoms with Crippen LogP contribution in [0.5, 0.6) is 5.75 Å². The number of β-amino-alcohol motifs (C(OH)–C–C–N with tert-alkyl or cyclic N) is 1. The highest BCUT2D eigenvalue weighted by molar-refractivity contribution is 6.31. The zero-order valence-corrected chi connectivity index (χ0v) is 37.1. The van der Waals surface area contributed by atoms with Crippen LogP contribution >= 0.6 is 11.6 Å². The summed E-state index contributed by atoms with van der Waals surface area (Å²) in [4.78, 5) is 54.3. The fourth-order valence-electron chi connectivity index (χ4n) is 8.67. The number of aliphatic hydroxyl groups excluding tert-OH is 1. The van der Waals surface area contributed by atoms with Gasteiger partial charge in [0, 0.05) is 66.9 Å². The smallest absolute Gasteiger partial charge is 0.251 e. The number of unbranched alkanes of at least 4 members (excludes halogenated alkanes) is 2. The molecular weight excluding hydrogens is 810 g/mol. The van der Waals surface area contributed by atoms with Gasteiger partial charge in [0.05, 0.1) is 28.3 Å². The maximum atomic E-state index is 13.6. The molecule has 3 aromatic rings. The number of hydrogen-bond donors (Lipinski definition) is 5. The Morgan fingerprint density at radius 2 is 1.63 bits per heavy atom. The van der Waals surface area contributed by atoms with Gasteiger partial charge in [-0.25, -0.2) is 0 Å². The van der Waals surface area contributed by atoms with Gasteiger partial charge in [0.1, 0.15) is 36.6 Å². The Morgan fingerprint density at radius 1 is 0.935 bits per heavy atom. The monoisotopic (exact) mass is 867 g/mol. The van der Waals surface area contributed by atoms with Crippen LogP contribution in [0.3, 0.4) is 0 Å². The predicted octanol–water partition coefficient (Wildman–Crippen LogP) is 5.71. The highest BCUT2D eigenvalue weighted by Crippen LogP contribution is 2.55. The van der Waals surface area contributed by atoms with Gasteiger partial charge < -0.3 is 40.7 Å². The molecule has 5 rings (SSSR count). The van der Waals surface area contributed by atoms with Gasteiger partial charge in [-0.3, -0.25) is 19.2 Å². The van der Waals surface area contributed by atoms with E-state index in [0.29, 0.717) is 40.6 Å². The number of carbonyl (C=O) groups excluding carboxylic acids is 4. The number of carbonyl (C=O) groups is 4. The number of nitrogens with zero attached hydrogens (tertiary/aromatic N) is 3. The largest absolute Gasteiger partial charge is 0.489 e. The first kappa shape index (κ1) is 47.4. The second-order valence-corrected chi connectivity index (χ2v) is 18.0. The third-order valence-corrected chi connectivity index (χ3v) is 12.1. The Kier molecular flexibility index (Phi) is 16.0. The molecule has 0 spiro atoms. The van der Waals surface area contributed by atoms with Gasteiger partial charge in [0.25, 0.3) is 5.91 Å². The zero-order valence-electron chi connectivity index (χ0n) is 36.3. The lowest BCUT2D eigenvalue weighted by atomic mass is 9.49. The number of nitrogens with one attached hydrogen (secondary N) is 4. The summed E-state index contributed by atoms with van der Waals surface area (Å²) in [7, 11) is 0. The number of nitriles is 2. The molecule has 0 bridgehead atoms. The number of hydrogen-bond acceptors (Lipinski definition) is 10. The van der Waals surface area contributed by atoms with Crippen LogP contribution < -0.4 is 26.0 Å². The summed E-state index contributed by atoms with van der Waals surface area (Å²) in [5.74, 6) is -1.16. The molecule has 1 saturated carbocycles. The lowest BCUT2D eigenvalue weighted by Gasteiger charge is -2.63. The van der Waals surface area contributed by atoms with E-state index in [0.717, 1.165) is 30.5 Å². The van der Waals surface area contributed by atoms with Gasteiger partial charge in [-0.15, -0.1) is 0 Å². The topological polar surface area (TPSA) is 206 Å². The summed E-state index contributed by atoms with van der Waals surface area (Å²) < 4.78 is 12.0. The van der Waals surface area contributed by atoms with Crippen molar-refractivity contribution in [2.45, 2.75) is 104 Å². The number of halogens is 1. The normalized spacial score (nSPS) is 20.2. The van der Waals surface area contributed by atoms with Gasteiger partial charge in [0.2, 0.25) is 17.7 Å². The molecular formula is C47H58ClN7O7. The molecule has 0 aromatic heterocycles. The van der Waals surface area contributed by atoms with Crippen LogP contribution in [0.15, 0.2) is 66.7 Å². The molecule has 330 valence electrons. The SMILES string of the molecule is CC(C)C(NC(=O)COCCCCCNc1ccc(C(=O)N[C@H]2C(C)(C)[C@H](Oc3ccc(C#N)c(Cl)c3)C2(C)C)cc1)C(=O)N1C[C@H](O)C[C@H]1C(=O)NCc1ccc(C#N)cc1. The molecule has 4 amide bonds. The number of rotatable bonds is 19. The third-order valence-electron chi connectivity index (χ3n) is 11.8. The number of amides is 4. The van der Waals surface area contributed by atoms with E-state index in [9.17, 15) is 29.5 Å². The van der Waals surface area contributed by atoms with Crippen LogP contribution in [0.1, 0.15) is 94.3 Å². The first-order chi connectivity index (χ1) is 29.5. The zero-order chi connectivity index (χ0) is 45.2. The molecule has 1 aliphatic heterocycles. The van der Waals surface area contributed by atoms with E-state index in [2.05, 4.69) is 61.1 Å². The second-order valence-electron chi connectivity index (χ2n) is 17.6. The molecule has 14 nitrogen and oxygen atoms in total. The van der Waals surface area contributed by atoms with E-state index in [1.165, 1.54) is 4.90 Å². The van der Waals surface area contributed by atoms with Gasteiger partial charge in [0.15, 0.2) is 0 Å². The molecule has 62 heavy (non-hydrogen) atoms. The Labute approximate surface area is 369 Å². The summed E-state index contributed by atoms with van der Waals surface area (Å²) in [6.07, 6.45) is 1.45. The fraction of sp³-hybridized carbons (Fsp3) is 0.489. The van der Waals surface area contributed by atoms with Gasteiger partial charge >= 0.3 is 0 Å².